The molecule has 2 fully saturated rings. The molecule has 2 saturated heterocycles. The molecular formula is C31H42BrN3O4. The largest absolute Gasteiger partial charge is 0.487 e. The minimum absolute atomic E-state index is 0.222. The third kappa shape index (κ3) is 7.56. The van der Waals surface area contributed by atoms with Crippen LogP contribution in [0.5, 0.6) is 0 Å². The molecule has 0 saturated carbocycles. The highest BCUT2D eigenvalue weighted by atomic mass is 79.9. The molecule has 2 aliphatic rings. The van der Waals surface area contributed by atoms with Gasteiger partial charge in [0, 0.05) is 42.4 Å². The number of likely N-dealkylation sites (tertiary alicyclic amines) is 1. The summed E-state index contributed by atoms with van der Waals surface area (Å²) >= 11 is 3.65. The van der Waals surface area contributed by atoms with E-state index in [2.05, 4.69) is 48.1 Å². The van der Waals surface area contributed by atoms with E-state index >= 15 is 0 Å². The lowest BCUT2D eigenvalue weighted by Crippen LogP contribution is -2.54. The lowest BCUT2D eigenvalue weighted by Gasteiger charge is -2.48. The summed E-state index contributed by atoms with van der Waals surface area (Å²) in [5, 5.41) is 3.28. The van der Waals surface area contributed by atoms with E-state index in [0.29, 0.717) is 50.2 Å². The quantitative estimate of drug-likeness (QED) is 0.326. The smallest absolute Gasteiger partial charge is 0.409 e. The summed E-state index contributed by atoms with van der Waals surface area (Å²) in [5.74, 6) is 0.515. The first-order valence-electron chi connectivity index (χ1n) is 13.9. The first kappa shape index (κ1) is 30.5. The van der Waals surface area contributed by atoms with Crippen molar-refractivity contribution in [1.82, 2.24) is 10.2 Å². The molecule has 2 aliphatic heterocycles. The average molecular weight is 601 g/mol. The van der Waals surface area contributed by atoms with E-state index in [9.17, 15) is 9.59 Å². The number of nitrogen functional groups attached to an aromatic ring is 1. The molecular weight excluding hydrogens is 558 g/mol. The standard InChI is InChI=1S/C31H42BrN3O4/c1-6-11-23(32)19-25-26(34-29(36)24-13-10-12-22(28(24)33)18-21(5)7-2)20-31(39-27(25)8-3)14-16-35(17-15-31)30(37)38-9-4/h8,10-13,18-19,26H,6-7,9,14-17,20,33H2,1-5H3,(H,34,36)/b21-18?,23-11-,25-19-,27-8+. The number of nitrogens with zero attached hydrogens (tertiary/aromatic N) is 1. The number of halogens is 1. The van der Waals surface area contributed by atoms with Gasteiger partial charge in [0.15, 0.2) is 0 Å². The van der Waals surface area contributed by atoms with Crippen LogP contribution in [0.1, 0.15) is 82.6 Å². The topological polar surface area (TPSA) is 93.9 Å². The van der Waals surface area contributed by atoms with Crippen molar-refractivity contribution in [2.75, 3.05) is 25.4 Å². The Bertz CT molecular complexity index is 1180. The summed E-state index contributed by atoms with van der Waals surface area (Å²) in [5.41, 5.74) is 9.83. The summed E-state index contributed by atoms with van der Waals surface area (Å²) < 4.78 is 12.8. The first-order chi connectivity index (χ1) is 18.7. The molecule has 1 unspecified atom stereocenters. The van der Waals surface area contributed by atoms with Gasteiger partial charge in [-0.15, -0.1) is 0 Å². The molecule has 7 nitrogen and oxygen atoms in total. The molecule has 212 valence electrons. The molecule has 8 heteroatoms. The minimum atomic E-state index is -0.505. The van der Waals surface area contributed by atoms with Gasteiger partial charge in [0.25, 0.3) is 5.91 Å². The Kier molecular flexibility index (Phi) is 10.9. The Morgan fingerprint density at radius 3 is 2.59 bits per heavy atom. The van der Waals surface area contributed by atoms with Crippen LogP contribution in [0.2, 0.25) is 0 Å². The number of rotatable bonds is 7. The monoisotopic (exact) mass is 599 g/mol. The van der Waals surface area contributed by atoms with Gasteiger partial charge >= 0.3 is 6.09 Å². The number of allylic oxidation sites excluding steroid dienone is 5. The Morgan fingerprint density at radius 2 is 1.97 bits per heavy atom. The fourth-order valence-electron chi connectivity index (χ4n) is 5.04. The Morgan fingerprint density at radius 1 is 1.26 bits per heavy atom. The Labute approximate surface area is 241 Å². The van der Waals surface area contributed by atoms with Crippen LogP contribution in [-0.2, 0) is 9.47 Å². The number of carbonyl (C=O) groups excluding carboxylic acids is 2. The van der Waals surface area contributed by atoms with E-state index in [0.717, 1.165) is 34.2 Å². The normalized spacial score (nSPS) is 21.7. The predicted octanol–water partition coefficient (Wildman–Crippen LogP) is 7.11. The van der Waals surface area contributed by atoms with Crippen molar-refractivity contribution in [3.8, 4) is 0 Å². The number of para-hydroxylation sites is 1. The maximum atomic E-state index is 13.7. The highest BCUT2D eigenvalue weighted by molar-refractivity contribution is 9.11. The summed E-state index contributed by atoms with van der Waals surface area (Å²) in [6, 6.07) is 5.26. The fourth-order valence-corrected chi connectivity index (χ4v) is 5.61. The average Bonchev–Trinajstić information content (AvgIpc) is 2.91. The number of nitrogens with one attached hydrogen (secondary N) is 1. The molecule has 3 N–H and O–H groups in total. The van der Waals surface area contributed by atoms with Crippen LogP contribution in [-0.4, -0.2) is 48.2 Å². The molecule has 3 rings (SSSR count). The van der Waals surface area contributed by atoms with Gasteiger partial charge in [-0.2, -0.15) is 0 Å². The second kappa shape index (κ2) is 13.9. The molecule has 1 spiro atoms. The van der Waals surface area contributed by atoms with Crippen molar-refractivity contribution in [2.24, 2.45) is 0 Å². The molecule has 2 heterocycles. The van der Waals surface area contributed by atoms with Crippen LogP contribution in [0.3, 0.4) is 0 Å². The van der Waals surface area contributed by atoms with E-state index in [1.807, 2.05) is 44.2 Å². The third-order valence-corrected chi connectivity index (χ3v) is 7.92. The van der Waals surface area contributed by atoms with E-state index in [-0.39, 0.29) is 18.0 Å². The fraction of sp³-hybridized carbons (Fsp3) is 0.484. The second-order valence-electron chi connectivity index (χ2n) is 10.1. The summed E-state index contributed by atoms with van der Waals surface area (Å²) in [6.45, 7) is 11.4. The number of nitrogens with two attached hydrogens (primary N) is 1. The van der Waals surface area contributed by atoms with Gasteiger partial charge in [-0.05, 0) is 57.4 Å². The zero-order valence-corrected chi connectivity index (χ0v) is 25.4. The highest BCUT2D eigenvalue weighted by Crippen LogP contribution is 2.42. The number of ether oxygens (including phenoxy) is 2. The lowest BCUT2D eigenvalue weighted by molar-refractivity contribution is -0.0658. The van der Waals surface area contributed by atoms with Crippen molar-refractivity contribution >= 4 is 39.7 Å². The van der Waals surface area contributed by atoms with Crippen LogP contribution in [0.4, 0.5) is 10.5 Å². The number of hydrogen-bond acceptors (Lipinski definition) is 5. The van der Waals surface area contributed by atoms with Gasteiger partial charge in [0.05, 0.1) is 23.9 Å². The Hall–Kier alpha value is -3.00. The van der Waals surface area contributed by atoms with Crippen LogP contribution in [0.15, 0.2) is 57.8 Å². The molecule has 0 aromatic heterocycles. The van der Waals surface area contributed by atoms with Gasteiger partial charge in [-0.3, -0.25) is 4.79 Å². The molecule has 39 heavy (non-hydrogen) atoms. The van der Waals surface area contributed by atoms with Crippen LogP contribution < -0.4 is 11.1 Å². The van der Waals surface area contributed by atoms with E-state index in [1.54, 1.807) is 11.0 Å². The summed E-state index contributed by atoms with van der Waals surface area (Å²) in [7, 11) is 0. The number of hydrogen-bond donors (Lipinski definition) is 2. The van der Waals surface area contributed by atoms with E-state index in [1.165, 1.54) is 5.57 Å². The SMILES string of the molecule is C/C=C1/OC2(CCN(C(=O)OCC)CC2)CC(NC(=O)c2cccc(C=C(C)CC)c2N)/C1=C/C(Br)=C/CC. The van der Waals surface area contributed by atoms with Gasteiger partial charge in [-0.25, -0.2) is 4.79 Å². The molecule has 0 radical (unpaired) electrons. The second-order valence-corrected chi connectivity index (χ2v) is 11.0. The Balaban J connectivity index is 1.94. The number of benzene rings is 1. The van der Waals surface area contributed by atoms with E-state index in [4.69, 9.17) is 15.2 Å². The molecule has 0 bridgehead atoms. The number of piperidine rings is 1. The molecule has 1 aromatic rings. The first-order valence-corrected chi connectivity index (χ1v) is 14.7. The van der Waals surface area contributed by atoms with Crippen LogP contribution in [0, 0.1) is 0 Å². The van der Waals surface area contributed by atoms with Crippen molar-refractivity contribution in [1.29, 1.82) is 0 Å². The maximum absolute atomic E-state index is 13.7. The van der Waals surface area contributed by atoms with Crippen molar-refractivity contribution in [3.63, 3.8) is 0 Å². The predicted molar refractivity (Wildman–Crippen MR) is 161 cm³/mol. The van der Waals surface area contributed by atoms with Gasteiger partial charge in [0.1, 0.15) is 11.4 Å². The maximum Gasteiger partial charge on any atom is 0.409 e. The zero-order valence-electron chi connectivity index (χ0n) is 23.8. The molecule has 1 aromatic carbocycles. The van der Waals surface area contributed by atoms with Crippen LogP contribution >= 0.6 is 15.9 Å². The van der Waals surface area contributed by atoms with Crippen molar-refractivity contribution < 1.29 is 19.1 Å². The minimum Gasteiger partial charge on any atom is -0.487 e. The highest BCUT2D eigenvalue weighted by Gasteiger charge is 2.46. The van der Waals surface area contributed by atoms with Crippen molar-refractivity contribution in [3.05, 3.63) is 68.9 Å². The summed E-state index contributed by atoms with van der Waals surface area (Å²) in [4.78, 5) is 27.7. The number of amides is 2. The van der Waals surface area contributed by atoms with Gasteiger partial charge in [0.2, 0.25) is 0 Å². The summed E-state index contributed by atoms with van der Waals surface area (Å²) in [6.07, 6.45) is 11.4. The lowest BCUT2D eigenvalue weighted by atomic mass is 9.79. The van der Waals surface area contributed by atoms with Crippen molar-refractivity contribution in [2.45, 2.75) is 78.4 Å². The molecule has 2 amide bonds. The molecule has 0 aliphatic carbocycles. The van der Waals surface area contributed by atoms with Gasteiger partial charge in [-0.1, -0.05) is 59.6 Å². The van der Waals surface area contributed by atoms with Crippen LogP contribution in [0.25, 0.3) is 6.08 Å². The molecule has 1 atom stereocenters. The number of anilines is 1. The van der Waals surface area contributed by atoms with Gasteiger partial charge < -0.3 is 25.4 Å². The number of carbonyl (C=O) groups is 2. The zero-order chi connectivity index (χ0) is 28.6. The van der Waals surface area contributed by atoms with E-state index < -0.39 is 5.60 Å². The third-order valence-electron chi connectivity index (χ3n) is 7.37.